The van der Waals surface area contributed by atoms with Gasteiger partial charge in [-0.25, -0.2) is 4.39 Å². The second kappa shape index (κ2) is 7.80. The van der Waals surface area contributed by atoms with E-state index >= 15 is 0 Å². The minimum atomic E-state index is -0.240. The van der Waals surface area contributed by atoms with E-state index in [0.717, 1.165) is 18.4 Å². The van der Waals surface area contributed by atoms with Gasteiger partial charge >= 0.3 is 0 Å². The highest BCUT2D eigenvalue weighted by molar-refractivity contribution is 9.10. The molecule has 4 heteroatoms. The van der Waals surface area contributed by atoms with Crippen molar-refractivity contribution in [2.24, 2.45) is 5.84 Å². The molecule has 0 spiro atoms. The fourth-order valence-corrected chi connectivity index (χ4v) is 2.10. The van der Waals surface area contributed by atoms with Crippen LogP contribution in [0, 0.1) is 5.82 Å². The molecule has 17 heavy (non-hydrogen) atoms. The first-order valence-corrected chi connectivity index (χ1v) is 6.89. The van der Waals surface area contributed by atoms with Crippen molar-refractivity contribution in [3.63, 3.8) is 0 Å². The van der Waals surface area contributed by atoms with Crippen LogP contribution in [0.1, 0.15) is 50.6 Å². The van der Waals surface area contributed by atoms with Gasteiger partial charge in [-0.15, -0.1) is 0 Å². The Morgan fingerprint density at radius 2 is 2.12 bits per heavy atom. The van der Waals surface area contributed by atoms with Crippen LogP contribution in [0.25, 0.3) is 0 Å². The highest BCUT2D eigenvalue weighted by Crippen LogP contribution is 2.23. The summed E-state index contributed by atoms with van der Waals surface area (Å²) in [6.45, 7) is 2.18. The number of unbranched alkanes of at least 4 members (excludes halogenated alkanes) is 3. The molecule has 0 aliphatic heterocycles. The summed E-state index contributed by atoms with van der Waals surface area (Å²) in [5.74, 6) is 5.28. The summed E-state index contributed by atoms with van der Waals surface area (Å²) in [7, 11) is 0. The van der Waals surface area contributed by atoms with E-state index in [0.29, 0.717) is 4.47 Å². The normalized spacial score (nSPS) is 12.7. The van der Waals surface area contributed by atoms with Crippen molar-refractivity contribution in [2.45, 2.75) is 45.1 Å². The summed E-state index contributed by atoms with van der Waals surface area (Å²) in [4.78, 5) is 0. The number of halogens is 2. The third-order valence-electron chi connectivity index (χ3n) is 2.89. The first-order chi connectivity index (χ1) is 8.19. The molecule has 0 aliphatic rings. The standard InChI is InChI=1S/C13H20BrFN2/c1-2-3-4-5-6-13(17-16)10-7-8-11(14)12(15)9-10/h7-9,13,17H,2-6,16H2,1H3. The van der Waals surface area contributed by atoms with Gasteiger partial charge in [-0.1, -0.05) is 38.7 Å². The van der Waals surface area contributed by atoms with E-state index in [1.807, 2.05) is 6.07 Å². The highest BCUT2D eigenvalue weighted by atomic mass is 79.9. The first kappa shape index (κ1) is 14.6. The smallest absolute Gasteiger partial charge is 0.137 e. The lowest BCUT2D eigenvalue weighted by atomic mass is 10.0. The maximum atomic E-state index is 13.4. The number of benzene rings is 1. The molecule has 96 valence electrons. The van der Waals surface area contributed by atoms with Crippen molar-refractivity contribution < 1.29 is 4.39 Å². The van der Waals surface area contributed by atoms with Gasteiger partial charge in [-0.3, -0.25) is 11.3 Å². The molecule has 0 saturated carbocycles. The van der Waals surface area contributed by atoms with E-state index in [1.54, 1.807) is 6.07 Å². The van der Waals surface area contributed by atoms with E-state index in [4.69, 9.17) is 5.84 Å². The minimum absolute atomic E-state index is 0.0365. The Balaban J connectivity index is 2.56. The maximum absolute atomic E-state index is 13.4. The Morgan fingerprint density at radius 3 is 2.71 bits per heavy atom. The Labute approximate surface area is 111 Å². The van der Waals surface area contributed by atoms with Crippen molar-refractivity contribution in [1.29, 1.82) is 0 Å². The van der Waals surface area contributed by atoms with Gasteiger partial charge in [-0.05, 0) is 40.0 Å². The number of nitrogens with one attached hydrogen (secondary N) is 1. The van der Waals surface area contributed by atoms with Crippen LogP contribution in [0.15, 0.2) is 22.7 Å². The van der Waals surface area contributed by atoms with E-state index in [-0.39, 0.29) is 11.9 Å². The summed E-state index contributed by atoms with van der Waals surface area (Å²) in [5, 5.41) is 0. The SMILES string of the molecule is CCCCCCC(NN)c1ccc(Br)c(F)c1. The number of hydrogen-bond acceptors (Lipinski definition) is 2. The predicted molar refractivity (Wildman–Crippen MR) is 72.9 cm³/mol. The molecule has 1 rings (SSSR count). The van der Waals surface area contributed by atoms with Gasteiger partial charge in [0.15, 0.2) is 0 Å². The molecular weight excluding hydrogens is 283 g/mol. The quantitative estimate of drug-likeness (QED) is 0.453. The monoisotopic (exact) mass is 302 g/mol. The van der Waals surface area contributed by atoms with Crippen LogP contribution in [0.3, 0.4) is 0 Å². The lowest BCUT2D eigenvalue weighted by Gasteiger charge is -2.16. The van der Waals surface area contributed by atoms with Gasteiger partial charge < -0.3 is 0 Å². The zero-order chi connectivity index (χ0) is 12.7. The third-order valence-corrected chi connectivity index (χ3v) is 3.54. The summed E-state index contributed by atoms with van der Waals surface area (Å²) < 4.78 is 13.9. The van der Waals surface area contributed by atoms with Crippen molar-refractivity contribution in [3.05, 3.63) is 34.1 Å². The van der Waals surface area contributed by atoms with Gasteiger partial charge in [0, 0.05) is 6.04 Å². The summed E-state index contributed by atoms with van der Waals surface area (Å²) in [5.41, 5.74) is 3.67. The summed E-state index contributed by atoms with van der Waals surface area (Å²) in [6, 6.07) is 5.20. The number of hydrogen-bond donors (Lipinski definition) is 2. The van der Waals surface area contributed by atoms with Crippen LogP contribution in [-0.4, -0.2) is 0 Å². The predicted octanol–water partition coefficient (Wildman–Crippen LogP) is 4.06. The molecule has 1 aromatic rings. The van der Waals surface area contributed by atoms with Crippen LogP contribution in [0.2, 0.25) is 0 Å². The number of rotatable bonds is 7. The molecule has 3 N–H and O–H groups in total. The zero-order valence-electron chi connectivity index (χ0n) is 10.2. The van der Waals surface area contributed by atoms with Crippen molar-refractivity contribution in [2.75, 3.05) is 0 Å². The average Bonchev–Trinajstić information content (AvgIpc) is 2.33. The van der Waals surface area contributed by atoms with Crippen LogP contribution in [0.4, 0.5) is 4.39 Å². The molecule has 0 fully saturated rings. The number of nitrogens with two attached hydrogens (primary N) is 1. The Bertz CT molecular complexity index is 344. The average molecular weight is 303 g/mol. The summed E-state index contributed by atoms with van der Waals surface area (Å²) >= 11 is 3.15. The molecule has 1 aromatic carbocycles. The van der Waals surface area contributed by atoms with Gasteiger partial charge in [0.25, 0.3) is 0 Å². The topological polar surface area (TPSA) is 38.0 Å². The zero-order valence-corrected chi connectivity index (χ0v) is 11.8. The maximum Gasteiger partial charge on any atom is 0.137 e. The summed E-state index contributed by atoms with van der Waals surface area (Å²) in [6.07, 6.45) is 5.71. The molecule has 0 amide bonds. The van der Waals surface area contributed by atoms with Gasteiger partial charge in [0.1, 0.15) is 5.82 Å². The minimum Gasteiger partial charge on any atom is -0.271 e. The van der Waals surface area contributed by atoms with Gasteiger partial charge in [-0.2, -0.15) is 0 Å². The van der Waals surface area contributed by atoms with E-state index in [9.17, 15) is 4.39 Å². The van der Waals surface area contributed by atoms with Crippen LogP contribution >= 0.6 is 15.9 Å². The molecule has 2 nitrogen and oxygen atoms in total. The fraction of sp³-hybridized carbons (Fsp3) is 0.538. The molecule has 1 unspecified atom stereocenters. The second-order valence-corrected chi connectivity index (χ2v) is 5.10. The molecule has 0 aliphatic carbocycles. The molecule has 1 atom stereocenters. The van der Waals surface area contributed by atoms with E-state index in [2.05, 4.69) is 28.3 Å². The molecular formula is C13H20BrFN2. The highest BCUT2D eigenvalue weighted by Gasteiger charge is 2.11. The van der Waals surface area contributed by atoms with E-state index < -0.39 is 0 Å². The van der Waals surface area contributed by atoms with Crippen molar-refractivity contribution in [3.8, 4) is 0 Å². The fourth-order valence-electron chi connectivity index (χ4n) is 1.85. The van der Waals surface area contributed by atoms with Gasteiger partial charge in [0.2, 0.25) is 0 Å². The van der Waals surface area contributed by atoms with Crippen LogP contribution in [0.5, 0.6) is 0 Å². The van der Waals surface area contributed by atoms with Crippen LogP contribution < -0.4 is 11.3 Å². The molecule has 0 saturated heterocycles. The van der Waals surface area contributed by atoms with Crippen molar-refractivity contribution >= 4 is 15.9 Å². The Kier molecular flexibility index (Phi) is 6.70. The Morgan fingerprint density at radius 1 is 1.35 bits per heavy atom. The lowest BCUT2D eigenvalue weighted by Crippen LogP contribution is -2.28. The molecule has 0 bridgehead atoms. The van der Waals surface area contributed by atoms with Crippen LogP contribution in [-0.2, 0) is 0 Å². The second-order valence-electron chi connectivity index (χ2n) is 4.24. The number of hydrazine groups is 1. The van der Waals surface area contributed by atoms with Crippen molar-refractivity contribution in [1.82, 2.24) is 5.43 Å². The molecule has 0 radical (unpaired) electrons. The largest absolute Gasteiger partial charge is 0.271 e. The molecule has 0 heterocycles. The molecule has 0 aromatic heterocycles. The first-order valence-electron chi connectivity index (χ1n) is 6.10. The van der Waals surface area contributed by atoms with E-state index in [1.165, 1.54) is 25.3 Å². The third kappa shape index (κ3) is 4.74. The Hall–Kier alpha value is -0.450. The van der Waals surface area contributed by atoms with Gasteiger partial charge in [0.05, 0.1) is 4.47 Å². The lowest BCUT2D eigenvalue weighted by molar-refractivity contribution is 0.479.